The first-order valence-corrected chi connectivity index (χ1v) is 8.63. The van der Waals surface area contributed by atoms with Gasteiger partial charge in [-0.1, -0.05) is 23.2 Å². The van der Waals surface area contributed by atoms with E-state index in [0.29, 0.717) is 10.6 Å². The molecule has 0 bridgehead atoms. The molecule has 2 N–H and O–H groups in total. The lowest BCUT2D eigenvalue weighted by Gasteiger charge is -2.10. The highest BCUT2D eigenvalue weighted by molar-refractivity contribution is 7.93. The molecule has 0 aliphatic heterocycles. The molecule has 0 saturated carbocycles. The average molecular weight is 366 g/mol. The Hall–Kier alpha value is -1.28. The first kappa shape index (κ1) is 16.1. The van der Waals surface area contributed by atoms with Crippen molar-refractivity contribution in [2.45, 2.75) is 11.8 Å². The van der Waals surface area contributed by atoms with Crippen molar-refractivity contribution in [2.24, 2.45) is 0 Å². The summed E-state index contributed by atoms with van der Waals surface area (Å²) in [6, 6.07) is 4.31. The van der Waals surface area contributed by atoms with E-state index in [4.69, 9.17) is 28.3 Å². The van der Waals surface area contributed by atoms with Gasteiger partial charge in [0.1, 0.15) is 9.77 Å². The molecule has 9 heteroatoms. The standard InChI is InChI=1S/C12H9Cl2NO4S2/c1-6-5-20-10(12(16)17)11(6)21(18,19)15-9-4-7(13)2-3-8(9)14/h2-5,15H,1H3,(H,16,17). The maximum absolute atomic E-state index is 12.4. The Balaban J connectivity index is 2.51. The van der Waals surface area contributed by atoms with Gasteiger partial charge in [-0.25, -0.2) is 13.2 Å². The van der Waals surface area contributed by atoms with Gasteiger partial charge in [-0.2, -0.15) is 0 Å². The van der Waals surface area contributed by atoms with Crippen LogP contribution in [0.5, 0.6) is 0 Å². The van der Waals surface area contributed by atoms with Crippen LogP contribution < -0.4 is 4.72 Å². The summed E-state index contributed by atoms with van der Waals surface area (Å²) < 4.78 is 27.1. The topological polar surface area (TPSA) is 83.5 Å². The summed E-state index contributed by atoms with van der Waals surface area (Å²) in [5.41, 5.74) is 0.439. The molecule has 21 heavy (non-hydrogen) atoms. The Morgan fingerprint density at radius 2 is 2.00 bits per heavy atom. The van der Waals surface area contributed by atoms with Gasteiger partial charge < -0.3 is 5.11 Å². The summed E-state index contributed by atoms with van der Waals surface area (Å²) in [6.45, 7) is 1.52. The third-order valence-electron chi connectivity index (χ3n) is 2.55. The molecule has 112 valence electrons. The maximum Gasteiger partial charge on any atom is 0.347 e. The number of anilines is 1. The van der Waals surface area contributed by atoms with E-state index in [0.717, 1.165) is 11.3 Å². The minimum absolute atomic E-state index is 0.0890. The molecule has 0 aliphatic rings. The Kier molecular flexibility index (Phi) is 4.48. The highest BCUT2D eigenvalue weighted by Gasteiger charge is 2.27. The third kappa shape index (κ3) is 3.32. The van der Waals surface area contributed by atoms with Crippen molar-refractivity contribution in [2.75, 3.05) is 4.72 Å². The summed E-state index contributed by atoms with van der Waals surface area (Å²) in [5, 5.41) is 11.0. The Labute approximate surface area is 135 Å². The summed E-state index contributed by atoms with van der Waals surface area (Å²) in [6.07, 6.45) is 0. The molecular weight excluding hydrogens is 357 g/mol. The molecule has 0 amide bonds. The normalized spacial score (nSPS) is 11.4. The van der Waals surface area contributed by atoms with Gasteiger partial charge in [0.2, 0.25) is 0 Å². The molecule has 1 aromatic heterocycles. The minimum atomic E-state index is -4.08. The minimum Gasteiger partial charge on any atom is -0.477 e. The zero-order valence-electron chi connectivity index (χ0n) is 10.6. The summed E-state index contributed by atoms with van der Waals surface area (Å²) in [4.78, 5) is 10.6. The van der Waals surface area contributed by atoms with E-state index in [1.807, 2.05) is 0 Å². The van der Waals surface area contributed by atoms with Crippen LogP contribution in [0.1, 0.15) is 15.2 Å². The fourth-order valence-corrected chi connectivity index (χ4v) is 4.78. The monoisotopic (exact) mass is 365 g/mol. The van der Waals surface area contributed by atoms with Crippen molar-refractivity contribution >= 4 is 56.2 Å². The number of halogens is 2. The van der Waals surface area contributed by atoms with Crippen LogP contribution in [0.4, 0.5) is 5.69 Å². The molecule has 2 rings (SSSR count). The van der Waals surface area contributed by atoms with E-state index in [1.54, 1.807) is 0 Å². The number of carboxylic acid groups (broad SMARTS) is 1. The fourth-order valence-electron chi connectivity index (χ4n) is 1.69. The number of carbonyl (C=O) groups is 1. The van der Waals surface area contributed by atoms with E-state index in [9.17, 15) is 13.2 Å². The average Bonchev–Trinajstić information content (AvgIpc) is 2.76. The van der Waals surface area contributed by atoms with Crippen LogP contribution in [-0.2, 0) is 10.0 Å². The van der Waals surface area contributed by atoms with E-state index in [1.165, 1.54) is 30.5 Å². The SMILES string of the molecule is Cc1csc(C(=O)O)c1S(=O)(=O)Nc1cc(Cl)ccc1Cl. The van der Waals surface area contributed by atoms with Crippen LogP contribution in [-0.4, -0.2) is 19.5 Å². The summed E-state index contributed by atoms with van der Waals surface area (Å²) in [7, 11) is -4.08. The molecule has 5 nitrogen and oxygen atoms in total. The van der Waals surface area contributed by atoms with Crippen LogP contribution in [0, 0.1) is 6.92 Å². The molecule has 0 saturated heterocycles. The van der Waals surface area contributed by atoms with Gasteiger partial charge in [0, 0.05) is 5.02 Å². The highest BCUT2D eigenvalue weighted by Crippen LogP contribution is 2.31. The molecule has 1 aromatic carbocycles. The van der Waals surface area contributed by atoms with Gasteiger partial charge in [0.05, 0.1) is 10.7 Å². The number of sulfonamides is 1. The van der Waals surface area contributed by atoms with Crippen molar-refractivity contribution < 1.29 is 18.3 Å². The number of carboxylic acids is 1. The van der Waals surface area contributed by atoms with Gasteiger partial charge in [-0.05, 0) is 36.1 Å². The maximum atomic E-state index is 12.4. The number of aromatic carboxylic acids is 1. The fraction of sp³-hybridized carbons (Fsp3) is 0.0833. The third-order valence-corrected chi connectivity index (χ3v) is 5.89. The zero-order chi connectivity index (χ0) is 15.8. The largest absolute Gasteiger partial charge is 0.477 e. The van der Waals surface area contributed by atoms with Crippen molar-refractivity contribution in [1.82, 2.24) is 0 Å². The van der Waals surface area contributed by atoms with Crippen molar-refractivity contribution in [3.05, 3.63) is 44.1 Å². The van der Waals surface area contributed by atoms with E-state index in [-0.39, 0.29) is 20.5 Å². The Morgan fingerprint density at radius 3 is 2.62 bits per heavy atom. The Morgan fingerprint density at radius 1 is 1.33 bits per heavy atom. The predicted octanol–water partition coefficient (Wildman–Crippen LogP) is 3.86. The molecule has 0 fully saturated rings. The van der Waals surface area contributed by atoms with Crippen LogP contribution in [0.3, 0.4) is 0 Å². The number of benzene rings is 1. The van der Waals surface area contributed by atoms with Crippen LogP contribution in [0.15, 0.2) is 28.5 Å². The Bertz CT molecular complexity index is 815. The molecule has 0 atom stereocenters. The van der Waals surface area contributed by atoms with Gasteiger partial charge >= 0.3 is 5.97 Å². The van der Waals surface area contributed by atoms with E-state index < -0.39 is 16.0 Å². The number of hydrogen-bond donors (Lipinski definition) is 2. The van der Waals surface area contributed by atoms with Crippen molar-refractivity contribution in [1.29, 1.82) is 0 Å². The van der Waals surface area contributed by atoms with Crippen LogP contribution in [0.2, 0.25) is 10.0 Å². The highest BCUT2D eigenvalue weighted by atomic mass is 35.5. The molecule has 0 spiro atoms. The second-order valence-corrected chi connectivity index (χ2v) is 7.45. The van der Waals surface area contributed by atoms with Gasteiger partial charge in [-0.15, -0.1) is 11.3 Å². The van der Waals surface area contributed by atoms with E-state index in [2.05, 4.69) is 4.72 Å². The second-order valence-electron chi connectivity index (χ2n) is 4.11. The molecule has 1 heterocycles. The smallest absolute Gasteiger partial charge is 0.347 e. The lowest BCUT2D eigenvalue weighted by atomic mass is 10.3. The quantitative estimate of drug-likeness (QED) is 0.861. The molecule has 0 aliphatic carbocycles. The zero-order valence-corrected chi connectivity index (χ0v) is 13.7. The summed E-state index contributed by atoms with van der Waals surface area (Å²) >= 11 is 12.6. The van der Waals surface area contributed by atoms with Gasteiger partial charge in [-0.3, -0.25) is 4.72 Å². The van der Waals surface area contributed by atoms with Crippen LogP contribution >= 0.6 is 34.5 Å². The number of nitrogens with one attached hydrogen (secondary N) is 1. The molecular formula is C12H9Cl2NO4S2. The molecule has 0 unspecified atom stereocenters. The van der Waals surface area contributed by atoms with E-state index >= 15 is 0 Å². The lowest BCUT2D eigenvalue weighted by molar-refractivity contribution is 0.0698. The molecule has 2 aromatic rings. The van der Waals surface area contributed by atoms with Crippen molar-refractivity contribution in [3.63, 3.8) is 0 Å². The number of rotatable bonds is 4. The van der Waals surface area contributed by atoms with Gasteiger partial charge in [0.15, 0.2) is 0 Å². The molecule has 0 radical (unpaired) electrons. The number of thiophene rings is 1. The van der Waals surface area contributed by atoms with Gasteiger partial charge in [0.25, 0.3) is 10.0 Å². The first-order chi connectivity index (χ1) is 9.72. The summed E-state index contributed by atoms with van der Waals surface area (Å²) in [5.74, 6) is -1.30. The number of aryl methyl sites for hydroxylation is 1. The van der Waals surface area contributed by atoms with Crippen LogP contribution in [0.25, 0.3) is 0 Å². The first-order valence-electron chi connectivity index (χ1n) is 5.51. The lowest BCUT2D eigenvalue weighted by Crippen LogP contribution is -2.16. The second kappa shape index (κ2) is 5.84. The number of hydrogen-bond acceptors (Lipinski definition) is 4. The predicted molar refractivity (Wildman–Crippen MR) is 83.3 cm³/mol. The van der Waals surface area contributed by atoms with Crippen molar-refractivity contribution in [3.8, 4) is 0 Å².